The maximum Gasteiger partial charge on any atom is 0.139 e. The van der Waals surface area contributed by atoms with E-state index in [9.17, 15) is 9.90 Å². The second-order valence-electron chi connectivity index (χ2n) is 9.50. The Kier molecular flexibility index (Phi) is 4.74. The summed E-state index contributed by atoms with van der Waals surface area (Å²) in [6, 6.07) is 16.8. The molecule has 2 fully saturated rings. The van der Waals surface area contributed by atoms with E-state index in [2.05, 4.69) is 37.3 Å². The highest BCUT2D eigenvalue weighted by Crippen LogP contribution is 2.61. The molecule has 0 saturated heterocycles. The molecule has 5 atom stereocenters. The van der Waals surface area contributed by atoms with E-state index in [1.165, 1.54) is 16.7 Å². The molecule has 0 aliphatic heterocycles. The molecule has 3 aliphatic carbocycles. The summed E-state index contributed by atoms with van der Waals surface area (Å²) < 4.78 is 6.05. The Morgan fingerprint density at radius 1 is 1.10 bits per heavy atom. The third kappa shape index (κ3) is 3.11. The number of aliphatic hydroxyl groups excluding tert-OH is 1. The summed E-state index contributed by atoms with van der Waals surface area (Å²) in [5, 5.41) is 10.2. The Morgan fingerprint density at radius 2 is 1.93 bits per heavy atom. The van der Waals surface area contributed by atoms with E-state index in [1.807, 2.05) is 18.2 Å². The van der Waals surface area contributed by atoms with Gasteiger partial charge in [0.15, 0.2) is 0 Å². The van der Waals surface area contributed by atoms with Crippen LogP contribution in [0.4, 0.5) is 0 Å². The number of aliphatic hydroxyl groups is 1. The van der Waals surface area contributed by atoms with Gasteiger partial charge in [0.05, 0.1) is 0 Å². The molecule has 0 aromatic heterocycles. The summed E-state index contributed by atoms with van der Waals surface area (Å²) in [5.74, 6) is 2.89. The third-order valence-corrected chi connectivity index (χ3v) is 8.01. The van der Waals surface area contributed by atoms with E-state index in [0.29, 0.717) is 30.1 Å². The molecule has 2 aromatic rings. The molecule has 0 radical (unpaired) electrons. The third-order valence-electron chi connectivity index (χ3n) is 8.01. The molecule has 3 aliphatic rings. The monoisotopic (exact) mass is 390 g/mol. The summed E-state index contributed by atoms with van der Waals surface area (Å²) in [6.45, 7) is 2.91. The largest absolute Gasteiger partial charge is 0.489 e. The first-order valence-electron chi connectivity index (χ1n) is 11.0. The van der Waals surface area contributed by atoms with Crippen molar-refractivity contribution in [2.45, 2.75) is 51.6 Å². The van der Waals surface area contributed by atoms with Crippen LogP contribution in [-0.2, 0) is 17.8 Å². The highest BCUT2D eigenvalue weighted by molar-refractivity contribution is 5.87. The van der Waals surface area contributed by atoms with Gasteiger partial charge in [0, 0.05) is 18.4 Å². The summed E-state index contributed by atoms with van der Waals surface area (Å²) in [5.41, 5.74) is 3.70. The van der Waals surface area contributed by atoms with Crippen molar-refractivity contribution >= 4 is 5.78 Å². The fourth-order valence-electron chi connectivity index (χ4n) is 6.64. The number of ether oxygens (including phenoxy) is 1. The van der Waals surface area contributed by atoms with Gasteiger partial charge in [-0.15, -0.1) is 0 Å². The van der Waals surface area contributed by atoms with Crippen LogP contribution in [0.3, 0.4) is 0 Å². The quantitative estimate of drug-likeness (QED) is 0.807. The van der Waals surface area contributed by atoms with Gasteiger partial charge in [-0.05, 0) is 78.2 Å². The normalized spacial score (nSPS) is 33.0. The van der Waals surface area contributed by atoms with Crippen LogP contribution >= 0.6 is 0 Å². The number of carbonyl (C=O) groups excluding carboxylic acids is 1. The standard InChI is InChI=1S/C26H30O3/c1-26-14-19(15-27)25-21-10-8-20(29-16-17-5-3-2-4-6-17)13-18(21)7-9-22(25)23(26)11-12-24(26)28/h2-6,8,10,13,19,22-23,25,27H,7,9,11-12,14-16H2,1H3/t19?,22-,23-,25+,26-/m0/s1. The molecule has 0 amide bonds. The van der Waals surface area contributed by atoms with Crippen LogP contribution in [0.25, 0.3) is 0 Å². The predicted molar refractivity (Wildman–Crippen MR) is 113 cm³/mol. The van der Waals surface area contributed by atoms with E-state index in [1.54, 1.807) is 0 Å². The number of hydrogen-bond acceptors (Lipinski definition) is 3. The fourth-order valence-corrected chi connectivity index (χ4v) is 6.64. The van der Waals surface area contributed by atoms with Crippen LogP contribution in [0.2, 0.25) is 0 Å². The number of aryl methyl sites for hydroxylation is 1. The molecule has 3 heteroatoms. The molecule has 3 nitrogen and oxygen atoms in total. The Balaban J connectivity index is 1.41. The van der Waals surface area contributed by atoms with Crippen molar-refractivity contribution in [3.05, 3.63) is 65.2 Å². The van der Waals surface area contributed by atoms with Crippen molar-refractivity contribution in [1.29, 1.82) is 0 Å². The lowest BCUT2D eigenvalue weighted by Gasteiger charge is -2.52. The van der Waals surface area contributed by atoms with Crippen molar-refractivity contribution in [3.63, 3.8) is 0 Å². The van der Waals surface area contributed by atoms with Crippen LogP contribution in [0.1, 0.15) is 55.2 Å². The minimum atomic E-state index is -0.217. The zero-order chi connectivity index (χ0) is 20.0. The topological polar surface area (TPSA) is 46.5 Å². The van der Waals surface area contributed by atoms with Crippen LogP contribution < -0.4 is 4.74 Å². The first-order chi connectivity index (χ1) is 14.1. The Labute approximate surface area is 173 Å². The highest BCUT2D eigenvalue weighted by atomic mass is 16.5. The molecule has 152 valence electrons. The van der Waals surface area contributed by atoms with Gasteiger partial charge in [-0.2, -0.15) is 0 Å². The minimum Gasteiger partial charge on any atom is -0.489 e. The van der Waals surface area contributed by atoms with Gasteiger partial charge in [0.2, 0.25) is 0 Å². The van der Waals surface area contributed by atoms with Gasteiger partial charge in [-0.1, -0.05) is 43.3 Å². The van der Waals surface area contributed by atoms with E-state index >= 15 is 0 Å². The zero-order valence-electron chi connectivity index (χ0n) is 17.1. The first-order valence-corrected chi connectivity index (χ1v) is 11.0. The smallest absolute Gasteiger partial charge is 0.139 e. The maximum absolute atomic E-state index is 12.6. The number of rotatable bonds is 4. The van der Waals surface area contributed by atoms with Crippen LogP contribution in [0, 0.1) is 23.2 Å². The second-order valence-corrected chi connectivity index (χ2v) is 9.50. The van der Waals surface area contributed by atoms with Gasteiger partial charge in [0.25, 0.3) is 0 Å². The van der Waals surface area contributed by atoms with Crippen LogP contribution in [-0.4, -0.2) is 17.5 Å². The van der Waals surface area contributed by atoms with Gasteiger partial charge in [0.1, 0.15) is 18.1 Å². The number of ketones is 1. The lowest BCUT2D eigenvalue weighted by Crippen LogP contribution is -2.47. The molecular weight excluding hydrogens is 360 g/mol. The molecule has 0 bridgehead atoms. The summed E-state index contributed by atoms with van der Waals surface area (Å²) in [4.78, 5) is 12.6. The molecular formula is C26H30O3. The molecule has 0 heterocycles. The van der Waals surface area contributed by atoms with E-state index < -0.39 is 0 Å². The second kappa shape index (κ2) is 7.28. The number of fused-ring (bicyclic) bond motifs is 5. The summed E-state index contributed by atoms with van der Waals surface area (Å²) in [6.07, 6.45) is 4.74. The van der Waals surface area contributed by atoms with Crippen LogP contribution in [0.15, 0.2) is 48.5 Å². The molecule has 2 aromatic carbocycles. The average Bonchev–Trinajstić information content (AvgIpc) is 3.06. The maximum atomic E-state index is 12.6. The van der Waals surface area contributed by atoms with Crippen molar-refractivity contribution in [3.8, 4) is 5.75 Å². The summed E-state index contributed by atoms with van der Waals surface area (Å²) >= 11 is 0. The first kappa shape index (κ1) is 18.9. The Bertz CT molecular complexity index is 905. The lowest BCUT2D eigenvalue weighted by atomic mass is 9.52. The number of Topliss-reactive ketones (excluding diaryl/α,β-unsaturated/α-hetero) is 1. The molecule has 0 spiro atoms. The van der Waals surface area contributed by atoms with Gasteiger partial charge < -0.3 is 9.84 Å². The van der Waals surface area contributed by atoms with Crippen molar-refractivity contribution in [2.75, 3.05) is 6.61 Å². The zero-order valence-corrected chi connectivity index (χ0v) is 17.1. The predicted octanol–water partition coefficient (Wildman–Crippen LogP) is 4.91. The number of hydrogen-bond donors (Lipinski definition) is 1. The van der Waals surface area contributed by atoms with Gasteiger partial charge in [-0.3, -0.25) is 4.79 Å². The SMILES string of the molecule is C[C@]12CC(CO)[C@@H]3c4ccc(OCc5ccccc5)cc4CC[C@H]3[C@@H]1CCC2=O. The molecule has 5 rings (SSSR count). The highest BCUT2D eigenvalue weighted by Gasteiger charge is 2.57. The lowest BCUT2D eigenvalue weighted by molar-refractivity contribution is -0.131. The Morgan fingerprint density at radius 3 is 2.72 bits per heavy atom. The molecule has 29 heavy (non-hydrogen) atoms. The average molecular weight is 391 g/mol. The minimum absolute atomic E-state index is 0.169. The number of carbonyl (C=O) groups is 1. The van der Waals surface area contributed by atoms with Crippen molar-refractivity contribution < 1.29 is 14.6 Å². The van der Waals surface area contributed by atoms with Gasteiger partial charge >= 0.3 is 0 Å². The number of benzene rings is 2. The molecule has 2 saturated carbocycles. The van der Waals surface area contributed by atoms with E-state index in [0.717, 1.165) is 37.9 Å². The fraction of sp³-hybridized carbons (Fsp3) is 0.500. The molecule has 1 unspecified atom stereocenters. The van der Waals surface area contributed by atoms with Crippen molar-refractivity contribution in [1.82, 2.24) is 0 Å². The van der Waals surface area contributed by atoms with E-state index in [4.69, 9.17) is 4.74 Å². The molecule has 1 N–H and O–H groups in total. The van der Waals surface area contributed by atoms with Crippen molar-refractivity contribution in [2.24, 2.45) is 23.2 Å². The van der Waals surface area contributed by atoms with E-state index in [-0.39, 0.29) is 17.9 Å². The van der Waals surface area contributed by atoms with Gasteiger partial charge in [-0.25, -0.2) is 0 Å². The Hall–Kier alpha value is -2.13. The van der Waals surface area contributed by atoms with Crippen LogP contribution in [0.5, 0.6) is 5.75 Å². The summed E-state index contributed by atoms with van der Waals surface area (Å²) in [7, 11) is 0.